The Labute approximate surface area is 544 Å². The Kier molecular flexibility index (Phi) is 74.4. The lowest BCUT2D eigenvalue weighted by molar-refractivity contribution is -0.143. The minimum atomic E-state index is -0.844. The van der Waals surface area contributed by atoms with Gasteiger partial charge < -0.3 is 20.3 Å². The largest absolute Gasteiger partial charge is 0.466 e. The van der Waals surface area contributed by atoms with Crippen LogP contribution in [0.15, 0.2) is 48.6 Å². The average molecular weight is 1220 g/mol. The van der Waals surface area contributed by atoms with Crippen molar-refractivity contribution in [3.05, 3.63) is 48.6 Å². The molecule has 3 N–H and O–H groups in total. The molecule has 2 atom stereocenters. The van der Waals surface area contributed by atoms with Crippen molar-refractivity contribution >= 4 is 11.9 Å². The molecule has 0 aromatic carbocycles. The van der Waals surface area contributed by atoms with Gasteiger partial charge in [-0.3, -0.25) is 9.59 Å². The van der Waals surface area contributed by atoms with E-state index >= 15 is 0 Å². The van der Waals surface area contributed by atoms with Crippen LogP contribution in [0.3, 0.4) is 0 Å². The molecule has 6 heteroatoms. The summed E-state index contributed by atoms with van der Waals surface area (Å²) in [6.45, 7) is 4.94. The predicted octanol–water partition coefficient (Wildman–Crippen LogP) is 26.0. The van der Waals surface area contributed by atoms with Crippen LogP contribution in [0.4, 0.5) is 0 Å². The van der Waals surface area contributed by atoms with Crippen molar-refractivity contribution in [1.82, 2.24) is 5.32 Å². The number of ether oxygens (including phenoxy) is 1. The number of carbonyl (C=O) groups excluding carboxylic acids is 2. The van der Waals surface area contributed by atoms with Crippen molar-refractivity contribution in [2.45, 2.75) is 443 Å². The monoisotopic (exact) mass is 1220 g/mol. The van der Waals surface area contributed by atoms with E-state index in [9.17, 15) is 19.8 Å². The summed E-state index contributed by atoms with van der Waals surface area (Å²) in [6.07, 6.45) is 101. The second-order valence-electron chi connectivity index (χ2n) is 27.0. The molecule has 0 aromatic rings. The molecule has 0 radical (unpaired) electrons. The van der Waals surface area contributed by atoms with E-state index in [1.807, 2.05) is 6.08 Å². The number of hydrogen-bond donors (Lipinski definition) is 3. The van der Waals surface area contributed by atoms with Crippen molar-refractivity contribution in [2.75, 3.05) is 13.2 Å². The molecule has 0 bridgehead atoms. The summed E-state index contributed by atoms with van der Waals surface area (Å²) in [6, 6.07) is -0.628. The zero-order chi connectivity index (χ0) is 62.8. The van der Waals surface area contributed by atoms with E-state index in [0.29, 0.717) is 19.4 Å². The summed E-state index contributed by atoms with van der Waals surface area (Å²) >= 11 is 0. The Morgan fingerprint density at radius 3 is 0.885 bits per heavy atom. The standard InChI is InChI=1S/C81H153NO5/c1-3-5-7-9-11-13-15-17-19-21-38-43-47-51-55-59-63-67-71-75-81(86)87-76-72-68-64-60-56-52-48-44-40-37-35-33-31-29-27-25-23-24-26-28-30-32-34-36-39-42-46-50-54-58-62-66-70-74-80(85)82-78(77-83)79(84)73-69-65-61-57-53-49-45-41-22-20-18-16-14-12-10-8-6-4-2/h17,19,27,29,33,35,69,73,78-79,83-84H,3-16,18,20-26,28,30-32,34,36-68,70-72,74-77H2,1-2H3,(H,82,85)/b19-17-,29-27-,35-33-,73-69+. The molecule has 6 nitrogen and oxygen atoms in total. The van der Waals surface area contributed by atoms with Crippen LogP contribution in [0.5, 0.6) is 0 Å². The molecule has 0 fully saturated rings. The van der Waals surface area contributed by atoms with Crippen molar-refractivity contribution < 1.29 is 24.5 Å². The summed E-state index contributed by atoms with van der Waals surface area (Å²) in [4.78, 5) is 24.6. The Balaban J connectivity index is 3.39. The minimum absolute atomic E-state index is 0.0140. The van der Waals surface area contributed by atoms with E-state index in [1.54, 1.807) is 6.08 Å². The minimum Gasteiger partial charge on any atom is -0.466 e. The molecule has 512 valence electrons. The maximum atomic E-state index is 12.5. The van der Waals surface area contributed by atoms with E-state index in [0.717, 1.165) is 51.4 Å². The molecule has 0 spiro atoms. The first kappa shape index (κ1) is 84.8. The second-order valence-corrected chi connectivity index (χ2v) is 27.0. The highest BCUT2D eigenvalue weighted by atomic mass is 16.5. The second kappa shape index (κ2) is 76.3. The molecule has 0 saturated heterocycles. The smallest absolute Gasteiger partial charge is 0.305 e. The van der Waals surface area contributed by atoms with Crippen LogP contribution < -0.4 is 5.32 Å². The van der Waals surface area contributed by atoms with Crippen LogP contribution in [0.25, 0.3) is 0 Å². The molecular formula is C81H153NO5. The maximum Gasteiger partial charge on any atom is 0.305 e. The van der Waals surface area contributed by atoms with Crippen molar-refractivity contribution in [2.24, 2.45) is 0 Å². The molecule has 2 unspecified atom stereocenters. The first-order chi connectivity index (χ1) is 43.0. The van der Waals surface area contributed by atoms with Crippen LogP contribution in [0.1, 0.15) is 431 Å². The van der Waals surface area contributed by atoms with Gasteiger partial charge >= 0.3 is 5.97 Å². The topological polar surface area (TPSA) is 95.9 Å². The lowest BCUT2D eigenvalue weighted by Crippen LogP contribution is -2.45. The summed E-state index contributed by atoms with van der Waals surface area (Å²) < 4.78 is 5.51. The van der Waals surface area contributed by atoms with Crippen LogP contribution in [-0.4, -0.2) is 47.4 Å². The molecule has 1 amide bonds. The number of esters is 1. The van der Waals surface area contributed by atoms with E-state index in [1.165, 1.54) is 353 Å². The molecule has 87 heavy (non-hydrogen) atoms. The first-order valence-corrected chi connectivity index (χ1v) is 39.4. The van der Waals surface area contributed by atoms with Gasteiger partial charge in [0.05, 0.1) is 25.4 Å². The van der Waals surface area contributed by atoms with Gasteiger partial charge in [0.2, 0.25) is 5.91 Å². The molecule has 0 heterocycles. The highest BCUT2D eigenvalue weighted by molar-refractivity contribution is 5.76. The highest BCUT2D eigenvalue weighted by Gasteiger charge is 2.18. The van der Waals surface area contributed by atoms with Crippen LogP contribution in [0.2, 0.25) is 0 Å². The Hall–Kier alpha value is -2.18. The number of amides is 1. The molecule has 0 aliphatic carbocycles. The SMILES string of the molecule is CCCCCCCC/C=C\CCCCCCCCCCCC(=O)OCCCCCCCCCCC/C=C\C/C=C\CCCCCCCCCCCCCCCCCCCC(=O)NC(CO)C(O)/C=C/CCCCCCCCCCCCCCCCCC. The fraction of sp³-hybridized carbons (Fsp3) is 0.877. The third kappa shape index (κ3) is 72.8. The van der Waals surface area contributed by atoms with Gasteiger partial charge in [-0.25, -0.2) is 0 Å². The molecule has 0 aliphatic rings. The molecule has 0 aromatic heterocycles. The molecule has 0 saturated carbocycles. The fourth-order valence-electron chi connectivity index (χ4n) is 12.3. The normalized spacial score (nSPS) is 12.7. The van der Waals surface area contributed by atoms with Gasteiger partial charge in [0.25, 0.3) is 0 Å². The summed E-state index contributed by atoms with van der Waals surface area (Å²) in [7, 11) is 0. The number of unbranched alkanes of at least 4 members (excludes halogenated alkanes) is 57. The van der Waals surface area contributed by atoms with E-state index in [-0.39, 0.29) is 18.5 Å². The van der Waals surface area contributed by atoms with Crippen LogP contribution in [-0.2, 0) is 14.3 Å². The maximum absolute atomic E-state index is 12.5. The van der Waals surface area contributed by atoms with E-state index in [4.69, 9.17) is 4.74 Å². The Morgan fingerprint density at radius 2 is 0.575 bits per heavy atom. The van der Waals surface area contributed by atoms with Gasteiger partial charge in [-0.1, -0.05) is 377 Å². The highest BCUT2D eigenvalue weighted by Crippen LogP contribution is 2.19. The number of carbonyl (C=O) groups is 2. The van der Waals surface area contributed by atoms with E-state index in [2.05, 4.69) is 55.6 Å². The van der Waals surface area contributed by atoms with Gasteiger partial charge in [0.15, 0.2) is 0 Å². The third-order valence-corrected chi connectivity index (χ3v) is 18.3. The quantitative estimate of drug-likeness (QED) is 0.0320. The zero-order valence-corrected chi connectivity index (χ0v) is 58.8. The summed E-state index contributed by atoms with van der Waals surface area (Å²) in [5.74, 6) is -0.0488. The zero-order valence-electron chi connectivity index (χ0n) is 58.8. The van der Waals surface area contributed by atoms with Gasteiger partial charge in [0.1, 0.15) is 0 Å². The lowest BCUT2D eigenvalue weighted by Gasteiger charge is -2.20. The number of aliphatic hydroxyl groups is 2. The van der Waals surface area contributed by atoms with Crippen molar-refractivity contribution in [1.29, 1.82) is 0 Å². The lowest BCUT2D eigenvalue weighted by atomic mass is 10.0. The number of allylic oxidation sites excluding steroid dienone is 7. The number of aliphatic hydroxyl groups excluding tert-OH is 2. The number of rotatable bonds is 74. The van der Waals surface area contributed by atoms with Gasteiger partial charge in [-0.15, -0.1) is 0 Å². The van der Waals surface area contributed by atoms with Gasteiger partial charge in [-0.05, 0) is 89.9 Å². The molecule has 0 aliphatic heterocycles. The van der Waals surface area contributed by atoms with Crippen molar-refractivity contribution in [3.63, 3.8) is 0 Å². The van der Waals surface area contributed by atoms with Crippen LogP contribution in [0, 0.1) is 0 Å². The number of nitrogens with one attached hydrogen (secondary N) is 1. The average Bonchev–Trinajstić information content (AvgIpc) is 3.59. The van der Waals surface area contributed by atoms with Crippen molar-refractivity contribution in [3.8, 4) is 0 Å². The Bertz CT molecular complexity index is 1450. The Morgan fingerprint density at radius 1 is 0.322 bits per heavy atom. The summed E-state index contributed by atoms with van der Waals surface area (Å²) in [5, 5.41) is 23.2. The first-order valence-electron chi connectivity index (χ1n) is 39.4. The summed E-state index contributed by atoms with van der Waals surface area (Å²) in [5.41, 5.74) is 0. The van der Waals surface area contributed by atoms with Crippen LogP contribution >= 0.6 is 0 Å². The molecular weight excluding hydrogens is 1070 g/mol. The fourth-order valence-corrected chi connectivity index (χ4v) is 12.3. The number of hydrogen-bond acceptors (Lipinski definition) is 5. The predicted molar refractivity (Wildman–Crippen MR) is 384 cm³/mol. The van der Waals surface area contributed by atoms with Gasteiger partial charge in [0, 0.05) is 12.8 Å². The third-order valence-electron chi connectivity index (χ3n) is 18.3. The van der Waals surface area contributed by atoms with E-state index < -0.39 is 12.1 Å². The van der Waals surface area contributed by atoms with Gasteiger partial charge in [-0.2, -0.15) is 0 Å². The molecule has 0 rings (SSSR count).